The quantitative estimate of drug-likeness (QED) is 0.583. The van der Waals surface area contributed by atoms with Crippen molar-refractivity contribution >= 4 is 5.97 Å². The van der Waals surface area contributed by atoms with Crippen LogP contribution < -0.4 is 5.32 Å². The predicted octanol–water partition coefficient (Wildman–Crippen LogP) is 0.400. The maximum Gasteiger partial charge on any atom is 0.354 e. The van der Waals surface area contributed by atoms with Crippen LogP contribution in [0.2, 0.25) is 0 Å². The van der Waals surface area contributed by atoms with Gasteiger partial charge in [0, 0.05) is 6.42 Å². The third kappa shape index (κ3) is 2.67. The van der Waals surface area contributed by atoms with Gasteiger partial charge in [-0.15, -0.1) is 0 Å². The van der Waals surface area contributed by atoms with E-state index in [1.54, 1.807) is 20.8 Å². The molecule has 0 aromatic heterocycles. The summed E-state index contributed by atoms with van der Waals surface area (Å²) >= 11 is 0. The monoisotopic (exact) mass is 187 g/mol. The van der Waals surface area contributed by atoms with Gasteiger partial charge in [-0.25, -0.2) is 4.79 Å². The summed E-state index contributed by atoms with van der Waals surface area (Å²) < 4.78 is 5.07. The molecule has 76 valence electrons. The number of aliphatic hydroxyl groups is 1. The van der Waals surface area contributed by atoms with E-state index in [1.165, 1.54) is 0 Å². The molecule has 1 rings (SSSR count). The van der Waals surface area contributed by atoms with Gasteiger partial charge in [0.2, 0.25) is 5.72 Å². The highest BCUT2D eigenvalue weighted by Crippen LogP contribution is 2.20. The number of hydrogen-bond donors (Lipinski definition) is 2. The molecule has 0 saturated carbocycles. The molecule has 1 unspecified atom stereocenters. The first-order valence-corrected chi connectivity index (χ1v) is 4.54. The molecule has 0 aromatic carbocycles. The SMILES string of the molecule is CC(C)(C)OC(=O)C1(O)CCCN1. The highest BCUT2D eigenvalue weighted by atomic mass is 16.6. The largest absolute Gasteiger partial charge is 0.457 e. The molecule has 0 spiro atoms. The van der Waals surface area contributed by atoms with E-state index in [9.17, 15) is 9.90 Å². The van der Waals surface area contributed by atoms with Gasteiger partial charge in [-0.1, -0.05) is 0 Å². The van der Waals surface area contributed by atoms with Crippen molar-refractivity contribution in [1.29, 1.82) is 0 Å². The van der Waals surface area contributed by atoms with Crippen LogP contribution in [0.15, 0.2) is 0 Å². The molecule has 0 amide bonds. The molecule has 0 bridgehead atoms. The van der Waals surface area contributed by atoms with Crippen molar-refractivity contribution in [1.82, 2.24) is 5.32 Å². The number of carbonyl (C=O) groups excluding carboxylic acids is 1. The summed E-state index contributed by atoms with van der Waals surface area (Å²) in [5, 5.41) is 12.5. The van der Waals surface area contributed by atoms with Crippen LogP contribution in [0.4, 0.5) is 0 Å². The Kier molecular flexibility index (Phi) is 2.63. The fourth-order valence-electron chi connectivity index (χ4n) is 1.26. The van der Waals surface area contributed by atoms with E-state index >= 15 is 0 Å². The molecule has 1 aliphatic heterocycles. The van der Waals surface area contributed by atoms with Crippen LogP contribution in [0.3, 0.4) is 0 Å². The number of nitrogens with one attached hydrogen (secondary N) is 1. The van der Waals surface area contributed by atoms with Gasteiger partial charge in [0.05, 0.1) is 0 Å². The van der Waals surface area contributed by atoms with Crippen molar-refractivity contribution in [2.75, 3.05) is 6.54 Å². The van der Waals surface area contributed by atoms with Crippen molar-refractivity contribution in [3.63, 3.8) is 0 Å². The first kappa shape index (κ1) is 10.5. The molecule has 1 fully saturated rings. The van der Waals surface area contributed by atoms with Crippen LogP contribution in [0.5, 0.6) is 0 Å². The average molecular weight is 187 g/mol. The predicted molar refractivity (Wildman–Crippen MR) is 48.0 cm³/mol. The molecular formula is C9H17NO3. The van der Waals surface area contributed by atoms with Gasteiger partial charge in [0.15, 0.2) is 0 Å². The Morgan fingerprint density at radius 2 is 2.15 bits per heavy atom. The molecular weight excluding hydrogens is 170 g/mol. The summed E-state index contributed by atoms with van der Waals surface area (Å²) in [4.78, 5) is 11.4. The second kappa shape index (κ2) is 3.27. The molecule has 4 nitrogen and oxygen atoms in total. The van der Waals surface area contributed by atoms with Gasteiger partial charge in [-0.2, -0.15) is 0 Å². The lowest BCUT2D eigenvalue weighted by molar-refractivity contribution is -0.179. The summed E-state index contributed by atoms with van der Waals surface area (Å²) in [6, 6.07) is 0. The summed E-state index contributed by atoms with van der Waals surface area (Å²) in [6.07, 6.45) is 1.23. The van der Waals surface area contributed by atoms with E-state index in [2.05, 4.69) is 5.32 Å². The lowest BCUT2D eigenvalue weighted by atomic mass is 10.1. The minimum atomic E-state index is -1.45. The Balaban J connectivity index is 2.57. The first-order chi connectivity index (χ1) is 5.83. The molecule has 1 saturated heterocycles. The Bertz CT molecular complexity index is 201. The van der Waals surface area contributed by atoms with E-state index in [-0.39, 0.29) is 0 Å². The minimum Gasteiger partial charge on any atom is -0.457 e. The zero-order chi connectivity index (χ0) is 10.1. The molecule has 2 N–H and O–H groups in total. The van der Waals surface area contributed by atoms with Crippen molar-refractivity contribution in [2.24, 2.45) is 0 Å². The molecule has 1 heterocycles. The van der Waals surface area contributed by atoms with Crippen LogP contribution in [-0.4, -0.2) is 28.9 Å². The lowest BCUT2D eigenvalue weighted by Crippen LogP contribution is -2.50. The molecule has 1 aliphatic rings. The van der Waals surface area contributed by atoms with Crippen LogP contribution in [-0.2, 0) is 9.53 Å². The van der Waals surface area contributed by atoms with Crippen LogP contribution in [0, 0.1) is 0 Å². The molecule has 1 atom stereocenters. The van der Waals surface area contributed by atoms with Crippen LogP contribution >= 0.6 is 0 Å². The normalized spacial score (nSPS) is 28.9. The Hall–Kier alpha value is -0.610. The Morgan fingerprint density at radius 1 is 1.54 bits per heavy atom. The molecule has 0 radical (unpaired) electrons. The summed E-state index contributed by atoms with van der Waals surface area (Å²) in [6.45, 7) is 6.01. The molecule has 0 aliphatic carbocycles. The third-order valence-electron chi connectivity index (χ3n) is 1.87. The Labute approximate surface area is 78.3 Å². The Morgan fingerprint density at radius 3 is 2.54 bits per heavy atom. The molecule has 0 aromatic rings. The maximum absolute atomic E-state index is 11.4. The highest BCUT2D eigenvalue weighted by molar-refractivity contribution is 5.79. The number of rotatable bonds is 1. The van der Waals surface area contributed by atoms with Crippen molar-refractivity contribution < 1.29 is 14.6 Å². The lowest BCUT2D eigenvalue weighted by Gasteiger charge is -2.26. The van der Waals surface area contributed by atoms with Crippen molar-refractivity contribution in [3.8, 4) is 0 Å². The van der Waals surface area contributed by atoms with Gasteiger partial charge in [-0.05, 0) is 33.7 Å². The fraction of sp³-hybridized carbons (Fsp3) is 0.889. The standard InChI is InChI=1S/C9H17NO3/c1-8(2,3)13-7(11)9(12)5-4-6-10-9/h10,12H,4-6H2,1-3H3. The molecule has 13 heavy (non-hydrogen) atoms. The van der Waals surface area contributed by atoms with E-state index in [0.29, 0.717) is 13.0 Å². The zero-order valence-electron chi connectivity index (χ0n) is 8.39. The zero-order valence-corrected chi connectivity index (χ0v) is 8.39. The number of carbonyl (C=O) groups is 1. The minimum absolute atomic E-state index is 0.432. The second-order valence-electron chi connectivity index (χ2n) is 4.39. The highest BCUT2D eigenvalue weighted by Gasteiger charge is 2.41. The van der Waals surface area contributed by atoms with Crippen LogP contribution in [0.1, 0.15) is 33.6 Å². The van der Waals surface area contributed by atoms with Crippen molar-refractivity contribution in [3.05, 3.63) is 0 Å². The van der Waals surface area contributed by atoms with Gasteiger partial charge >= 0.3 is 5.97 Å². The topological polar surface area (TPSA) is 58.6 Å². The summed E-state index contributed by atoms with van der Waals surface area (Å²) in [5.74, 6) is -0.572. The van der Waals surface area contributed by atoms with E-state index in [0.717, 1.165) is 6.42 Å². The third-order valence-corrected chi connectivity index (χ3v) is 1.87. The van der Waals surface area contributed by atoms with Crippen molar-refractivity contribution in [2.45, 2.75) is 44.9 Å². The van der Waals surface area contributed by atoms with E-state index in [1.807, 2.05) is 0 Å². The second-order valence-corrected chi connectivity index (χ2v) is 4.39. The number of hydrogen-bond acceptors (Lipinski definition) is 4. The van der Waals surface area contributed by atoms with Crippen LogP contribution in [0.25, 0.3) is 0 Å². The fourth-order valence-corrected chi connectivity index (χ4v) is 1.26. The van der Waals surface area contributed by atoms with E-state index < -0.39 is 17.3 Å². The number of ether oxygens (including phenoxy) is 1. The smallest absolute Gasteiger partial charge is 0.354 e. The summed E-state index contributed by atoms with van der Waals surface area (Å²) in [7, 11) is 0. The average Bonchev–Trinajstić information content (AvgIpc) is 2.33. The van der Waals surface area contributed by atoms with Gasteiger partial charge < -0.3 is 9.84 Å². The summed E-state index contributed by atoms with van der Waals surface area (Å²) in [5.41, 5.74) is -2.00. The van der Waals surface area contributed by atoms with Gasteiger partial charge in [0.25, 0.3) is 0 Å². The maximum atomic E-state index is 11.4. The van der Waals surface area contributed by atoms with Gasteiger partial charge in [-0.3, -0.25) is 5.32 Å². The number of esters is 1. The first-order valence-electron chi connectivity index (χ1n) is 4.54. The van der Waals surface area contributed by atoms with E-state index in [4.69, 9.17) is 4.74 Å². The molecule has 4 heteroatoms. The van der Waals surface area contributed by atoms with Gasteiger partial charge in [0.1, 0.15) is 5.60 Å².